The molecule has 1 rings (SSSR count). The van der Waals surface area contributed by atoms with Crippen molar-refractivity contribution in [3.8, 4) is 5.75 Å². The molecule has 18 heavy (non-hydrogen) atoms. The van der Waals surface area contributed by atoms with Crippen LogP contribution in [0.1, 0.15) is 25.8 Å². The quantitative estimate of drug-likeness (QED) is 0.754. The van der Waals surface area contributed by atoms with Crippen molar-refractivity contribution in [1.29, 1.82) is 0 Å². The molecule has 4 nitrogen and oxygen atoms in total. The molecule has 1 aromatic rings. The van der Waals surface area contributed by atoms with Crippen molar-refractivity contribution >= 4 is 5.97 Å². The van der Waals surface area contributed by atoms with Crippen molar-refractivity contribution in [2.24, 2.45) is 0 Å². The van der Waals surface area contributed by atoms with Gasteiger partial charge in [0, 0.05) is 12.6 Å². The average Bonchev–Trinajstić information content (AvgIpc) is 2.43. The van der Waals surface area contributed by atoms with Crippen molar-refractivity contribution in [3.05, 3.63) is 29.8 Å². The minimum absolute atomic E-state index is 0.0546. The van der Waals surface area contributed by atoms with Crippen LogP contribution in [0, 0.1) is 0 Å². The van der Waals surface area contributed by atoms with Crippen LogP contribution in [0.4, 0.5) is 0 Å². The molecule has 1 unspecified atom stereocenters. The predicted octanol–water partition coefficient (Wildman–Crippen LogP) is 2.13. The number of carbonyl (C=O) groups excluding carboxylic acids is 1. The number of hydrogen-bond acceptors (Lipinski definition) is 4. The minimum Gasteiger partial charge on any atom is -0.482 e. The van der Waals surface area contributed by atoms with Gasteiger partial charge in [0.25, 0.3) is 0 Å². The van der Waals surface area contributed by atoms with Gasteiger partial charge in [-0.2, -0.15) is 0 Å². The molecule has 0 saturated carbocycles. The summed E-state index contributed by atoms with van der Waals surface area (Å²) in [5, 5.41) is 3.41. The third-order valence-corrected chi connectivity index (χ3v) is 2.77. The van der Waals surface area contributed by atoms with E-state index in [4.69, 9.17) is 4.74 Å². The summed E-state index contributed by atoms with van der Waals surface area (Å²) in [6.07, 6.45) is 1.11. The Bertz CT molecular complexity index is 362. The zero-order valence-electron chi connectivity index (χ0n) is 11.2. The van der Waals surface area contributed by atoms with E-state index in [1.807, 2.05) is 24.3 Å². The Morgan fingerprint density at radius 1 is 1.33 bits per heavy atom. The van der Waals surface area contributed by atoms with Gasteiger partial charge < -0.3 is 14.8 Å². The topological polar surface area (TPSA) is 47.6 Å². The molecule has 0 amide bonds. The maximum absolute atomic E-state index is 10.9. The van der Waals surface area contributed by atoms with Gasteiger partial charge >= 0.3 is 5.97 Å². The van der Waals surface area contributed by atoms with Gasteiger partial charge in [-0.15, -0.1) is 0 Å². The fourth-order valence-corrected chi connectivity index (χ4v) is 1.34. The van der Waals surface area contributed by atoms with Crippen molar-refractivity contribution in [3.63, 3.8) is 0 Å². The van der Waals surface area contributed by atoms with Crippen molar-refractivity contribution < 1.29 is 14.3 Å². The molecular formula is C14H21NO3. The van der Waals surface area contributed by atoms with E-state index in [1.54, 1.807) is 0 Å². The maximum atomic E-state index is 10.9. The van der Waals surface area contributed by atoms with E-state index in [0.29, 0.717) is 11.8 Å². The maximum Gasteiger partial charge on any atom is 0.343 e. The first-order valence-electron chi connectivity index (χ1n) is 6.17. The predicted molar refractivity (Wildman–Crippen MR) is 70.5 cm³/mol. The summed E-state index contributed by atoms with van der Waals surface area (Å²) in [6.45, 7) is 5.10. The van der Waals surface area contributed by atoms with Gasteiger partial charge in [-0.3, -0.25) is 0 Å². The third-order valence-electron chi connectivity index (χ3n) is 2.77. The SMILES string of the molecule is CCC(C)NCc1ccc(OCC(=O)OC)cc1. The van der Waals surface area contributed by atoms with E-state index in [0.717, 1.165) is 13.0 Å². The van der Waals surface area contributed by atoms with Gasteiger partial charge in [-0.25, -0.2) is 4.79 Å². The molecule has 0 saturated heterocycles. The van der Waals surface area contributed by atoms with Gasteiger partial charge in [0.1, 0.15) is 5.75 Å². The van der Waals surface area contributed by atoms with E-state index in [1.165, 1.54) is 12.7 Å². The third kappa shape index (κ3) is 5.19. The first kappa shape index (κ1) is 14.5. The van der Waals surface area contributed by atoms with E-state index >= 15 is 0 Å². The molecule has 4 heteroatoms. The van der Waals surface area contributed by atoms with Crippen molar-refractivity contribution in [2.45, 2.75) is 32.9 Å². The monoisotopic (exact) mass is 251 g/mol. The molecule has 1 N–H and O–H groups in total. The van der Waals surface area contributed by atoms with Crippen LogP contribution < -0.4 is 10.1 Å². The minimum atomic E-state index is -0.377. The molecule has 0 aromatic heterocycles. The number of carbonyl (C=O) groups is 1. The second-order valence-electron chi connectivity index (χ2n) is 4.20. The van der Waals surface area contributed by atoms with E-state index < -0.39 is 0 Å². The van der Waals surface area contributed by atoms with Crippen LogP contribution in [0.15, 0.2) is 24.3 Å². The van der Waals surface area contributed by atoms with E-state index in [9.17, 15) is 4.79 Å². The van der Waals surface area contributed by atoms with Gasteiger partial charge in [-0.05, 0) is 31.0 Å². The van der Waals surface area contributed by atoms with Crippen LogP contribution in [0.2, 0.25) is 0 Å². The van der Waals surface area contributed by atoms with Crippen LogP contribution in [-0.2, 0) is 16.1 Å². The van der Waals surface area contributed by atoms with Crippen molar-refractivity contribution in [1.82, 2.24) is 5.32 Å². The Hall–Kier alpha value is -1.55. The molecule has 0 aliphatic carbocycles. The number of nitrogens with one attached hydrogen (secondary N) is 1. The normalized spacial score (nSPS) is 11.9. The second kappa shape index (κ2) is 7.71. The second-order valence-corrected chi connectivity index (χ2v) is 4.20. The molecule has 1 aromatic carbocycles. The Kier molecular flexibility index (Phi) is 6.22. The zero-order chi connectivity index (χ0) is 13.4. The number of esters is 1. The first-order valence-corrected chi connectivity index (χ1v) is 6.17. The van der Waals surface area contributed by atoms with Crippen LogP contribution in [-0.4, -0.2) is 25.7 Å². The Balaban J connectivity index is 2.40. The summed E-state index contributed by atoms with van der Waals surface area (Å²) in [4.78, 5) is 10.9. The zero-order valence-corrected chi connectivity index (χ0v) is 11.2. The highest BCUT2D eigenvalue weighted by atomic mass is 16.6. The lowest BCUT2D eigenvalue weighted by molar-refractivity contribution is -0.142. The fraction of sp³-hybridized carbons (Fsp3) is 0.500. The molecule has 0 aliphatic heterocycles. The van der Waals surface area contributed by atoms with Crippen LogP contribution in [0.5, 0.6) is 5.75 Å². The molecule has 100 valence electrons. The number of hydrogen-bond donors (Lipinski definition) is 1. The molecule has 0 fully saturated rings. The standard InChI is InChI=1S/C14H21NO3/c1-4-11(2)15-9-12-5-7-13(8-6-12)18-10-14(16)17-3/h5-8,11,15H,4,9-10H2,1-3H3. The number of rotatable bonds is 7. The average molecular weight is 251 g/mol. The molecular weight excluding hydrogens is 230 g/mol. The molecule has 0 spiro atoms. The Morgan fingerprint density at radius 2 is 2.00 bits per heavy atom. The fourth-order valence-electron chi connectivity index (χ4n) is 1.34. The van der Waals surface area contributed by atoms with E-state index in [2.05, 4.69) is 23.9 Å². The summed E-state index contributed by atoms with van der Waals surface area (Å²) < 4.78 is 9.76. The molecule has 0 aliphatic rings. The highest BCUT2D eigenvalue weighted by Gasteiger charge is 2.02. The summed E-state index contributed by atoms with van der Waals surface area (Å²) in [6, 6.07) is 8.21. The lowest BCUT2D eigenvalue weighted by Crippen LogP contribution is -2.24. The Morgan fingerprint density at radius 3 is 2.56 bits per heavy atom. The molecule has 0 bridgehead atoms. The van der Waals surface area contributed by atoms with Gasteiger partial charge in [0.15, 0.2) is 6.61 Å². The number of methoxy groups -OCH3 is 1. The van der Waals surface area contributed by atoms with Gasteiger partial charge in [0.2, 0.25) is 0 Å². The van der Waals surface area contributed by atoms with Crippen LogP contribution in [0.25, 0.3) is 0 Å². The summed E-state index contributed by atoms with van der Waals surface area (Å²) >= 11 is 0. The molecule has 1 atom stereocenters. The molecule has 0 radical (unpaired) electrons. The summed E-state index contributed by atoms with van der Waals surface area (Å²) in [5.41, 5.74) is 1.20. The van der Waals surface area contributed by atoms with Crippen LogP contribution in [0.3, 0.4) is 0 Å². The van der Waals surface area contributed by atoms with Crippen LogP contribution >= 0.6 is 0 Å². The highest BCUT2D eigenvalue weighted by Crippen LogP contribution is 2.12. The highest BCUT2D eigenvalue weighted by molar-refractivity contribution is 5.70. The van der Waals surface area contributed by atoms with Gasteiger partial charge in [0.05, 0.1) is 7.11 Å². The van der Waals surface area contributed by atoms with E-state index in [-0.39, 0.29) is 12.6 Å². The molecule has 0 heterocycles. The lowest BCUT2D eigenvalue weighted by Gasteiger charge is -2.11. The van der Waals surface area contributed by atoms with Gasteiger partial charge in [-0.1, -0.05) is 19.1 Å². The number of benzene rings is 1. The summed E-state index contributed by atoms with van der Waals surface area (Å²) in [5.74, 6) is 0.296. The van der Waals surface area contributed by atoms with Crippen molar-refractivity contribution in [2.75, 3.05) is 13.7 Å². The summed E-state index contributed by atoms with van der Waals surface area (Å²) in [7, 11) is 1.34. The Labute approximate surface area is 108 Å². The largest absolute Gasteiger partial charge is 0.482 e. The smallest absolute Gasteiger partial charge is 0.343 e. The lowest BCUT2D eigenvalue weighted by atomic mass is 10.2. The first-order chi connectivity index (χ1) is 8.65. The number of ether oxygens (including phenoxy) is 2.